The van der Waals surface area contributed by atoms with Crippen LogP contribution in [0.1, 0.15) is 23.5 Å². The lowest BCUT2D eigenvalue weighted by Gasteiger charge is -2.06. The van der Waals surface area contributed by atoms with Gasteiger partial charge in [0.15, 0.2) is 0 Å². The molecule has 0 unspecified atom stereocenters. The summed E-state index contributed by atoms with van der Waals surface area (Å²) in [4.78, 5) is 12.0. The Morgan fingerprint density at radius 2 is 1.90 bits per heavy atom. The maximum atomic E-state index is 12.9. The molecule has 0 aromatic heterocycles. The summed E-state index contributed by atoms with van der Waals surface area (Å²) in [6.45, 7) is 0. The van der Waals surface area contributed by atoms with Crippen molar-refractivity contribution in [2.45, 2.75) is 24.8 Å². The molecule has 0 heterocycles. The van der Waals surface area contributed by atoms with Crippen LogP contribution in [0.4, 0.5) is 4.39 Å². The van der Waals surface area contributed by atoms with Crippen LogP contribution in [0.25, 0.3) is 0 Å². The molecule has 1 aliphatic carbocycles. The molecule has 1 N–H and O–H groups in total. The molecule has 2 aromatic carbocycles. The van der Waals surface area contributed by atoms with Gasteiger partial charge in [-0.3, -0.25) is 4.79 Å². The molecule has 2 atom stereocenters. The molecule has 1 fully saturated rings. The highest BCUT2D eigenvalue weighted by molar-refractivity contribution is 6.31. The first kappa shape index (κ1) is 14.1. The van der Waals surface area contributed by atoms with Crippen LogP contribution < -0.4 is 5.32 Å². The Balaban J connectivity index is 1.55. The lowest BCUT2D eigenvalue weighted by atomic mass is 10.1. The lowest BCUT2D eigenvalue weighted by molar-refractivity contribution is -0.120. The number of amides is 1. The number of hydrogen-bond acceptors (Lipinski definition) is 1. The number of rotatable bonds is 4. The molecule has 21 heavy (non-hydrogen) atoms. The van der Waals surface area contributed by atoms with Gasteiger partial charge in [-0.05, 0) is 35.7 Å². The Bertz CT molecular complexity index is 656. The molecular formula is C17H15ClFNO. The van der Waals surface area contributed by atoms with E-state index in [1.54, 1.807) is 18.2 Å². The minimum absolute atomic E-state index is 0.0299. The molecule has 1 aliphatic rings. The van der Waals surface area contributed by atoms with E-state index in [-0.39, 0.29) is 24.2 Å². The van der Waals surface area contributed by atoms with Crippen molar-refractivity contribution in [2.24, 2.45) is 0 Å². The van der Waals surface area contributed by atoms with E-state index in [1.807, 2.05) is 18.2 Å². The van der Waals surface area contributed by atoms with Crippen molar-refractivity contribution >= 4 is 17.5 Å². The zero-order chi connectivity index (χ0) is 14.8. The number of hydrogen-bond donors (Lipinski definition) is 1. The molecule has 3 rings (SSSR count). The van der Waals surface area contributed by atoms with E-state index >= 15 is 0 Å². The number of carbonyl (C=O) groups excluding carboxylic acids is 1. The van der Waals surface area contributed by atoms with E-state index in [0.717, 1.165) is 17.5 Å². The van der Waals surface area contributed by atoms with Crippen molar-refractivity contribution in [3.8, 4) is 0 Å². The summed E-state index contributed by atoms with van der Waals surface area (Å²) in [7, 11) is 0. The summed E-state index contributed by atoms with van der Waals surface area (Å²) >= 11 is 6.04. The fraction of sp³-hybridized carbons (Fsp3) is 0.235. The monoisotopic (exact) mass is 303 g/mol. The molecule has 1 saturated carbocycles. The van der Waals surface area contributed by atoms with E-state index < -0.39 is 0 Å². The third-order valence-electron chi connectivity index (χ3n) is 3.74. The van der Waals surface area contributed by atoms with Gasteiger partial charge < -0.3 is 5.32 Å². The summed E-state index contributed by atoms with van der Waals surface area (Å²) in [6.07, 6.45) is 1.19. The molecule has 2 aromatic rings. The third-order valence-corrected chi connectivity index (χ3v) is 4.11. The second-order valence-corrected chi connectivity index (χ2v) is 5.74. The molecule has 0 saturated heterocycles. The Kier molecular flexibility index (Phi) is 3.93. The predicted molar refractivity (Wildman–Crippen MR) is 80.8 cm³/mol. The Morgan fingerprint density at radius 1 is 1.19 bits per heavy atom. The van der Waals surface area contributed by atoms with Crippen LogP contribution in [0.3, 0.4) is 0 Å². The molecule has 1 amide bonds. The zero-order valence-electron chi connectivity index (χ0n) is 11.4. The van der Waals surface area contributed by atoms with Gasteiger partial charge in [-0.1, -0.05) is 41.9 Å². The topological polar surface area (TPSA) is 29.1 Å². The first-order valence-corrected chi connectivity index (χ1v) is 7.29. The molecular weight excluding hydrogens is 289 g/mol. The van der Waals surface area contributed by atoms with Gasteiger partial charge in [-0.25, -0.2) is 4.39 Å². The Hall–Kier alpha value is -1.87. The lowest BCUT2D eigenvalue weighted by Crippen LogP contribution is -2.28. The van der Waals surface area contributed by atoms with Crippen LogP contribution in [0.5, 0.6) is 0 Å². The minimum atomic E-state index is -0.237. The van der Waals surface area contributed by atoms with E-state index in [9.17, 15) is 9.18 Å². The van der Waals surface area contributed by atoms with Gasteiger partial charge in [0.25, 0.3) is 0 Å². The second kappa shape index (κ2) is 5.86. The predicted octanol–water partition coefficient (Wildman–Crippen LogP) is 3.69. The Labute approximate surface area is 127 Å². The van der Waals surface area contributed by atoms with Crippen LogP contribution in [0.15, 0.2) is 48.5 Å². The fourth-order valence-electron chi connectivity index (χ4n) is 2.51. The summed E-state index contributed by atoms with van der Waals surface area (Å²) in [6, 6.07) is 14.0. The molecule has 0 aliphatic heterocycles. The van der Waals surface area contributed by atoms with Crippen molar-refractivity contribution in [1.29, 1.82) is 0 Å². The largest absolute Gasteiger partial charge is 0.352 e. The van der Waals surface area contributed by atoms with Crippen molar-refractivity contribution in [3.63, 3.8) is 0 Å². The van der Waals surface area contributed by atoms with E-state index in [1.165, 1.54) is 12.1 Å². The zero-order valence-corrected chi connectivity index (χ0v) is 12.1. The smallest absolute Gasteiger partial charge is 0.224 e. The highest BCUT2D eigenvalue weighted by atomic mass is 35.5. The number of halogens is 2. The normalized spacial score (nSPS) is 20.1. The summed E-state index contributed by atoms with van der Waals surface area (Å²) in [5.41, 5.74) is 1.90. The standard InChI is InChI=1S/C17H15ClFNO/c18-15-4-2-1-3-12(15)9-17(21)20-16-10-14(16)11-5-7-13(19)8-6-11/h1-8,14,16H,9-10H2,(H,20,21)/t14-,16+/m0/s1. The first-order chi connectivity index (χ1) is 10.1. The minimum Gasteiger partial charge on any atom is -0.352 e. The molecule has 4 heteroatoms. The van der Waals surface area contributed by atoms with Crippen molar-refractivity contribution in [3.05, 3.63) is 70.5 Å². The van der Waals surface area contributed by atoms with Crippen molar-refractivity contribution < 1.29 is 9.18 Å². The highest BCUT2D eigenvalue weighted by Gasteiger charge is 2.39. The fourth-order valence-corrected chi connectivity index (χ4v) is 2.71. The van der Waals surface area contributed by atoms with Crippen LogP contribution >= 0.6 is 11.6 Å². The maximum Gasteiger partial charge on any atom is 0.224 e. The molecule has 108 valence electrons. The Morgan fingerprint density at radius 3 is 2.62 bits per heavy atom. The second-order valence-electron chi connectivity index (χ2n) is 5.34. The maximum absolute atomic E-state index is 12.9. The van der Waals surface area contributed by atoms with Gasteiger partial charge >= 0.3 is 0 Å². The van der Waals surface area contributed by atoms with Crippen LogP contribution in [0, 0.1) is 5.82 Å². The number of benzene rings is 2. The van der Waals surface area contributed by atoms with Gasteiger partial charge in [0, 0.05) is 17.0 Å². The van der Waals surface area contributed by atoms with Crippen LogP contribution in [0.2, 0.25) is 5.02 Å². The summed E-state index contributed by atoms with van der Waals surface area (Å²) < 4.78 is 12.9. The first-order valence-electron chi connectivity index (χ1n) is 6.92. The van der Waals surface area contributed by atoms with Crippen molar-refractivity contribution in [2.75, 3.05) is 0 Å². The van der Waals surface area contributed by atoms with E-state index in [4.69, 9.17) is 11.6 Å². The summed E-state index contributed by atoms with van der Waals surface area (Å²) in [5, 5.41) is 3.61. The number of carbonyl (C=O) groups is 1. The number of nitrogens with one attached hydrogen (secondary N) is 1. The van der Waals surface area contributed by atoms with Gasteiger partial charge in [0.05, 0.1) is 6.42 Å². The average molecular weight is 304 g/mol. The SMILES string of the molecule is O=C(Cc1ccccc1Cl)N[C@@H]1C[C@H]1c1ccc(F)cc1. The average Bonchev–Trinajstić information content (AvgIpc) is 3.21. The van der Waals surface area contributed by atoms with Crippen LogP contribution in [-0.4, -0.2) is 11.9 Å². The van der Waals surface area contributed by atoms with Crippen LogP contribution in [-0.2, 0) is 11.2 Å². The molecule has 0 bridgehead atoms. The van der Waals surface area contributed by atoms with Crippen molar-refractivity contribution in [1.82, 2.24) is 5.32 Å². The van der Waals surface area contributed by atoms with Gasteiger partial charge in [0.2, 0.25) is 5.91 Å². The van der Waals surface area contributed by atoms with Gasteiger partial charge in [0.1, 0.15) is 5.82 Å². The van der Waals surface area contributed by atoms with Gasteiger partial charge in [-0.2, -0.15) is 0 Å². The van der Waals surface area contributed by atoms with Gasteiger partial charge in [-0.15, -0.1) is 0 Å². The quantitative estimate of drug-likeness (QED) is 0.917. The van der Waals surface area contributed by atoms with E-state index in [0.29, 0.717) is 10.9 Å². The van der Waals surface area contributed by atoms with E-state index in [2.05, 4.69) is 5.32 Å². The molecule has 2 nitrogen and oxygen atoms in total. The molecule has 0 spiro atoms. The molecule has 0 radical (unpaired) electrons. The summed E-state index contributed by atoms with van der Waals surface area (Å²) in [5.74, 6) is 0.0252. The third kappa shape index (κ3) is 3.42. The highest BCUT2D eigenvalue weighted by Crippen LogP contribution is 2.40.